The summed E-state index contributed by atoms with van der Waals surface area (Å²) in [6.07, 6.45) is 8.44. The molecule has 2 rings (SSSR count). The van der Waals surface area contributed by atoms with E-state index in [0.717, 1.165) is 17.9 Å². The normalized spacial score (nSPS) is 25.7. The minimum atomic E-state index is 0.0321. The molecule has 100 valence electrons. The first kappa shape index (κ1) is 13.3. The molecule has 0 aromatic carbocycles. The van der Waals surface area contributed by atoms with E-state index in [9.17, 15) is 0 Å². The molecule has 0 amide bonds. The van der Waals surface area contributed by atoms with Gasteiger partial charge < -0.3 is 10.5 Å². The Hall–Kier alpha value is -1.09. The topological polar surface area (TPSA) is 48.1 Å². The summed E-state index contributed by atoms with van der Waals surface area (Å²) in [6.45, 7) is 4.21. The van der Waals surface area contributed by atoms with Gasteiger partial charge in [-0.1, -0.05) is 19.4 Å². The zero-order valence-corrected chi connectivity index (χ0v) is 11.4. The first-order chi connectivity index (χ1) is 8.70. The van der Waals surface area contributed by atoms with Crippen molar-refractivity contribution in [2.24, 2.45) is 11.7 Å². The van der Waals surface area contributed by atoms with Gasteiger partial charge in [-0.15, -0.1) is 0 Å². The Morgan fingerprint density at radius 3 is 2.78 bits per heavy atom. The molecule has 0 radical (unpaired) electrons. The van der Waals surface area contributed by atoms with Crippen LogP contribution in [0, 0.1) is 5.92 Å². The van der Waals surface area contributed by atoms with E-state index in [4.69, 9.17) is 10.5 Å². The van der Waals surface area contributed by atoms with Crippen molar-refractivity contribution in [3.63, 3.8) is 0 Å². The van der Waals surface area contributed by atoms with Crippen LogP contribution in [0.4, 0.5) is 0 Å². The minimum Gasteiger partial charge on any atom is -0.474 e. The van der Waals surface area contributed by atoms with E-state index in [0.29, 0.717) is 12.0 Å². The van der Waals surface area contributed by atoms with Crippen LogP contribution < -0.4 is 10.5 Å². The maximum absolute atomic E-state index is 6.04. The number of nitrogens with two attached hydrogens (primary N) is 1. The van der Waals surface area contributed by atoms with E-state index in [-0.39, 0.29) is 6.04 Å². The molecule has 0 aliphatic heterocycles. The third-order valence-corrected chi connectivity index (χ3v) is 3.92. The third-order valence-electron chi connectivity index (χ3n) is 3.92. The van der Waals surface area contributed by atoms with E-state index in [2.05, 4.69) is 11.9 Å². The predicted molar refractivity (Wildman–Crippen MR) is 73.5 cm³/mol. The van der Waals surface area contributed by atoms with E-state index in [1.54, 1.807) is 0 Å². The Morgan fingerprint density at radius 1 is 1.39 bits per heavy atom. The molecule has 0 bridgehead atoms. The standard InChI is InChI=1S/C15H24N2O/c1-3-12-6-4-5-7-14(12)18-15-9-8-13(10-17-15)11(2)16/h8-12,14H,3-7,16H2,1-2H3/t11-,12?,14?/m0/s1. The summed E-state index contributed by atoms with van der Waals surface area (Å²) in [5, 5.41) is 0. The maximum Gasteiger partial charge on any atom is 0.213 e. The Bertz CT molecular complexity index is 361. The van der Waals surface area contributed by atoms with Crippen molar-refractivity contribution < 1.29 is 4.74 Å². The van der Waals surface area contributed by atoms with Crippen molar-refractivity contribution in [1.29, 1.82) is 0 Å². The number of hydrogen-bond acceptors (Lipinski definition) is 3. The van der Waals surface area contributed by atoms with E-state index >= 15 is 0 Å². The summed E-state index contributed by atoms with van der Waals surface area (Å²) in [5.74, 6) is 1.43. The van der Waals surface area contributed by atoms with Gasteiger partial charge in [0, 0.05) is 18.3 Å². The molecular formula is C15H24N2O. The Morgan fingerprint density at radius 2 is 2.17 bits per heavy atom. The summed E-state index contributed by atoms with van der Waals surface area (Å²) in [4.78, 5) is 4.36. The summed E-state index contributed by atoms with van der Waals surface area (Å²) in [6, 6.07) is 3.99. The molecule has 18 heavy (non-hydrogen) atoms. The Labute approximate surface area is 110 Å². The lowest BCUT2D eigenvalue weighted by Crippen LogP contribution is -2.30. The van der Waals surface area contributed by atoms with Gasteiger partial charge in [0.1, 0.15) is 6.10 Å². The number of aromatic nitrogens is 1. The van der Waals surface area contributed by atoms with Crippen molar-refractivity contribution in [1.82, 2.24) is 4.98 Å². The molecule has 1 saturated carbocycles. The molecule has 2 N–H and O–H groups in total. The number of nitrogens with zero attached hydrogens (tertiary/aromatic N) is 1. The van der Waals surface area contributed by atoms with Gasteiger partial charge >= 0.3 is 0 Å². The lowest BCUT2D eigenvalue weighted by atomic mass is 9.85. The Kier molecular flexibility index (Phi) is 4.59. The van der Waals surface area contributed by atoms with Gasteiger partial charge in [0.25, 0.3) is 0 Å². The fourth-order valence-electron chi connectivity index (χ4n) is 2.68. The molecule has 0 spiro atoms. The predicted octanol–water partition coefficient (Wildman–Crippen LogP) is 3.45. The second kappa shape index (κ2) is 6.19. The van der Waals surface area contributed by atoms with Crippen molar-refractivity contribution in [2.75, 3.05) is 0 Å². The smallest absolute Gasteiger partial charge is 0.213 e. The highest BCUT2D eigenvalue weighted by Crippen LogP contribution is 2.29. The largest absolute Gasteiger partial charge is 0.474 e. The monoisotopic (exact) mass is 248 g/mol. The first-order valence-corrected chi connectivity index (χ1v) is 7.09. The van der Waals surface area contributed by atoms with Gasteiger partial charge in [-0.3, -0.25) is 0 Å². The fourth-order valence-corrected chi connectivity index (χ4v) is 2.68. The first-order valence-electron chi connectivity index (χ1n) is 7.09. The molecular weight excluding hydrogens is 224 g/mol. The molecule has 1 fully saturated rings. The fraction of sp³-hybridized carbons (Fsp3) is 0.667. The van der Waals surface area contributed by atoms with Gasteiger partial charge in [0.2, 0.25) is 5.88 Å². The number of pyridine rings is 1. The second-order valence-corrected chi connectivity index (χ2v) is 5.33. The van der Waals surface area contributed by atoms with Crippen LogP contribution in [0.25, 0.3) is 0 Å². The molecule has 1 heterocycles. The van der Waals surface area contributed by atoms with E-state index in [1.165, 1.54) is 25.7 Å². The second-order valence-electron chi connectivity index (χ2n) is 5.33. The van der Waals surface area contributed by atoms with Crippen LogP contribution in [0.15, 0.2) is 18.3 Å². The highest BCUT2D eigenvalue weighted by atomic mass is 16.5. The average molecular weight is 248 g/mol. The molecule has 2 unspecified atom stereocenters. The number of ether oxygens (including phenoxy) is 1. The third kappa shape index (κ3) is 3.22. The molecule has 3 nitrogen and oxygen atoms in total. The molecule has 1 aromatic heterocycles. The summed E-state index contributed by atoms with van der Waals surface area (Å²) >= 11 is 0. The lowest BCUT2D eigenvalue weighted by Gasteiger charge is -2.30. The van der Waals surface area contributed by atoms with Crippen LogP contribution in [-0.2, 0) is 0 Å². The van der Waals surface area contributed by atoms with Crippen LogP contribution in [0.1, 0.15) is 57.6 Å². The number of rotatable bonds is 4. The highest BCUT2D eigenvalue weighted by Gasteiger charge is 2.25. The van der Waals surface area contributed by atoms with Gasteiger partial charge in [-0.05, 0) is 44.1 Å². The summed E-state index contributed by atoms with van der Waals surface area (Å²) in [5.41, 5.74) is 6.86. The maximum atomic E-state index is 6.04. The van der Waals surface area contributed by atoms with Crippen molar-refractivity contribution in [3.8, 4) is 5.88 Å². The molecule has 1 aliphatic carbocycles. The minimum absolute atomic E-state index is 0.0321. The quantitative estimate of drug-likeness (QED) is 0.887. The van der Waals surface area contributed by atoms with Crippen LogP contribution in [0.2, 0.25) is 0 Å². The van der Waals surface area contributed by atoms with Crippen molar-refractivity contribution in [2.45, 2.75) is 58.1 Å². The number of hydrogen-bond donors (Lipinski definition) is 1. The van der Waals surface area contributed by atoms with Gasteiger partial charge in [0.05, 0.1) is 0 Å². The van der Waals surface area contributed by atoms with Crippen LogP contribution in [0.5, 0.6) is 5.88 Å². The van der Waals surface area contributed by atoms with Crippen LogP contribution >= 0.6 is 0 Å². The van der Waals surface area contributed by atoms with Crippen LogP contribution in [0.3, 0.4) is 0 Å². The van der Waals surface area contributed by atoms with E-state index < -0.39 is 0 Å². The molecule has 1 aliphatic rings. The average Bonchev–Trinajstić information content (AvgIpc) is 2.40. The zero-order chi connectivity index (χ0) is 13.0. The summed E-state index contributed by atoms with van der Waals surface area (Å²) < 4.78 is 6.04. The highest BCUT2D eigenvalue weighted by molar-refractivity contribution is 5.20. The SMILES string of the molecule is CCC1CCCCC1Oc1ccc([C@H](C)N)cn1. The lowest BCUT2D eigenvalue weighted by molar-refractivity contribution is 0.0858. The van der Waals surface area contributed by atoms with Gasteiger partial charge in [-0.2, -0.15) is 0 Å². The van der Waals surface area contributed by atoms with Crippen molar-refractivity contribution in [3.05, 3.63) is 23.9 Å². The van der Waals surface area contributed by atoms with Gasteiger partial charge in [-0.25, -0.2) is 4.98 Å². The Balaban J connectivity index is 1.99. The zero-order valence-electron chi connectivity index (χ0n) is 11.4. The molecule has 3 heteroatoms. The summed E-state index contributed by atoms with van der Waals surface area (Å²) in [7, 11) is 0. The van der Waals surface area contributed by atoms with E-state index in [1.807, 2.05) is 25.3 Å². The van der Waals surface area contributed by atoms with Gasteiger partial charge in [0.15, 0.2) is 0 Å². The molecule has 3 atom stereocenters. The van der Waals surface area contributed by atoms with Crippen LogP contribution in [-0.4, -0.2) is 11.1 Å². The molecule has 0 saturated heterocycles. The van der Waals surface area contributed by atoms with Crippen molar-refractivity contribution >= 4 is 0 Å². The molecule has 1 aromatic rings.